The van der Waals surface area contributed by atoms with Gasteiger partial charge in [-0.3, -0.25) is 9.48 Å². The highest BCUT2D eigenvalue weighted by atomic mass is 16.4. The highest BCUT2D eigenvalue weighted by molar-refractivity contribution is 5.70. The lowest BCUT2D eigenvalue weighted by Gasteiger charge is -2.08. The monoisotopic (exact) mass is 286 g/mol. The summed E-state index contributed by atoms with van der Waals surface area (Å²) in [6.07, 6.45) is 0.529. The summed E-state index contributed by atoms with van der Waals surface area (Å²) in [5.74, 6) is -1.15. The molecular formula is C17H22N2O2. The lowest BCUT2D eigenvalue weighted by atomic mass is 10.00. The van der Waals surface area contributed by atoms with Gasteiger partial charge >= 0.3 is 5.97 Å². The lowest BCUT2D eigenvalue weighted by molar-refractivity contribution is -0.141. The third-order valence-electron chi connectivity index (χ3n) is 3.88. The number of aryl methyl sites for hydroxylation is 2. The van der Waals surface area contributed by atoms with Gasteiger partial charge in [-0.2, -0.15) is 5.10 Å². The molecule has 1 N–H and O–H groups in total. The van der Waals surface area contributed by atoms with Gasteiger partial charge in [-0.25, -0.2) is 0 Å². The van der Waals surface area contributed by atoms with Gasteiger partial charge in [0.1, 0.15) is 0 Å². The fraction of sp³-hybridized carbons (Fsp3) is 0.412. The van der Waals surface area contributed by atoms with E-state index in [-0.39, 0.29) is 5.92 Å². The smallest absolute Gasteiger partial charge is 0.306 e. The van der Waals surface area contributed by atoms with Crippen LogP contribution in [0, 0.1) is 26.7 Å². The second kappa shape index (κ2) is 6.12. The molecule has 0 amide bonds. The molecule has 2 rings (SSSR count). The maximum absolute atomic E-state index is 11.0. The van der Waals surface area contributed by atoms with Gasteiger partial charge in [0.25, 0.3) is 0 Å². The molecule has 1 aromatic heterocycles. The highest BCUT2D eigenvalue weighted by Gasteiger charge is 2.18. The summed E-state index contributed by atoms with van der Waals surface area (Å²) in [6, 6.07) is 8.35. The first-order valence-electron chi connectivity index (χ1n) is 7.19. The number of aromatic nitrogens is 2. The molecule has 0 aliphatic carbocycles. The normalized spacial score (nSPS) is 12.4. The molecule has 0 aliphatic heterocycles. The zero-order valence-electron chi connectivity index (χ0n) is 13.1. The van der Waals surface area contributed by atoms with E-state index in [1.165, 1.54) is 11.1 Å². The quantitative estimate of drug-likeness (QED) is 0.918. The predicted octanol–water partition coefficient (Wildman–Crippen LogP) is 3.12. The molecular weight excluding hydrogens is 264 g/mol. The van der Waals surface area contributed by atoms with Crippen LogP contribution in [0.2, 0.25) is 0 Å². The maximum atomic E-state index is 11.0. The molecule has 0 fully saturated rings. The van der Waals surface area contributed by atoms with Crippen molar-refractivity contribution in [2.75, 3.05) is 0 Å². The van der Waals surface area contributed by atoms with Gasteiger partial charge in [0, 0.05) is 5.69 Å². The number of hydrogen-bond acceptors (Lipinski definition) is 2. The van der Waals surface area contributed by atoms with Gasteiger partial charge in [-0.05, 0) is 38.3 Å². The average Bonchev–Trinajstić information content (AvgIpc) is 2.66. The Hall–Kier alpha value is -2.10. The fourth-order valence-corrected chi connectivity index (χ4v) is 2.56. The summed E-state index contributed by atoms with van der Waals surface area (Å²) in [6.45, 7) is 8.49. The van der Waals surface area contributed by atoms with Crippen LogP contribution in [0.3, 0.4) is 0 Å². The Morgan fingerprint density at radius 3 is 2.67 bits per heavy atom. The van der Waals surface area contributed by atoms with Crippen molar-refractivity contribution in [2.24, 2.45) is 5.92 Å². The second-order valence-corrected chi connectivity index (χ2v) is 5.74. The Labute approximate surface area is 125 Å². The maximum Gasteiger partial charge on any atom is 0.306 e. The third-order valence-corrected chi connectivity index (χ3v) is 3.88. The summed E-state index contributed by atoms with van der Waals surface area (Å²) in [5, 5.41) is 13.6. The zero-order chi connectivity index (χ0) is 15.6. The van der Waals surface area contributed by atoms with Gasteiger partial charge in [-0.15, -0.1) is 0 Å². The van der Waals surface area contributed by atoms with Crippen molar-refractivity contribution in [1.82, 2.24) is 9.78 Å². The summed E-state index contributed by atoms with van der Waals surface area (Å²) >= 11 is 0. The van der Waals surface area contributed by atoms with E-state index in [9.17, 15) is 4.79 Å². The predicted molar refractivity (Wildman–Crippen MR) is 82.5 cm³/mol. The van der Waals surface area contributed by atoms with Crippen LogP contribution >= 0.6 is 0 Å². The largest absolute Gasteiger partial charge is 0.481 e. The summed E-state index contributed by atoms with van der Waals surface area (Å²) in [4.78, 5) is 11.0. The molecule has 1 aromatic carbocycles. The van der Waals surface area contributed by atoms with Crippen molar-refractivity contribution < 1.29 is 9.90 Å². The number of carboxylic acid groups (broad SMARTS) is 1. The standard InChI is InChI=1S/C17H22N2O2/c1-11-6-5-7-15(8-11)10-19-14(4)16(13(3)18-19)9-12(2)17(20)21/h5-8,12H,9-10H2,1-4H3,(H,20,21). The Morgan fingerprint density at radius 1 is 1.33 bits per heavy atom. The average molecular weight is 286 g/mol. The Morgan fingerprint density at radius 2 is 2.05 bits per heavy atom. The van der Waals surface area contributed by atoms with Gasteiger partial charge in [-0.1, -0.05) is 36.8 Å². The van der Waals surface area contributed by atoms with Crippen molar-refractivity contribution >= 4 is 5.97 Å². The summed E-state index contributed by atoms with van der Waals surface area (Å²) < 4.78 is 1.97. The first kappa shape index (κ1) is 15.3. The number of benzene rings is 1. The van der Waals surface area contributed by atoms with Crippen LogP contribution in [0.5, 0.6) is 0 Å². The van der Waals surface area contributed by atoms with Gasteiger partial charge in [0.2, 0.25) is 0 Å². The number of nitrogens with zero attached hydrogens (tertiary/aromatic N) is 2. The molecule has 1 unspecified atom stereocenters. The zero-order valence-corrected chi connectivity index (χ0v) is 13.1. The summed E-state index contributed by atoms with van der Waals surface area (Å²) in [5.41, 5.74) is 5.47. The molecule has 2 aromatic rings. The second-order valence-electron chi connectivity index (χ2n) is 5.74. The van der Waals surface area contributed by atoms with E-state index in [0.717, 1.165) is 23.5 Å². The van der Waals surface area contributed by atoms with Crippen LogP contribution in [0.4, 0.5) is 0 Å². The minimum Gasteiger partial charge on any atom is -0.481 e. The summed E-state index contributed by atoms with van der Waals surface area (Å²) in [7, 11) is 0. The van der Waals surface area contributed by atoms with Crippen LogP contribution in [0.15, 0.2) is 24.3 Å². The number of hydrogen-bond donors (Lipinski definition) is 1. The first-order valence-corrected chi connectivity index (χ1v) is 7.19. The van der Waals surface area contributed by atoms with Crippen molar-refractivity contribution in [1.29, 1.82) is 0 Å². The van der Waals surface area contributed by atoms with Gasteiger partial charge in [0.15, 0.2) is 0 Å². The van der Waals surface area contributed by atoms with Gasteiger partial charge in [0.05, 0.1) is 18.2 Å². The molecule has 21 heavy (non-hydrogen) atoms. The molecule has 4 heteroatoms. The first-order chi connectivity index (χ1) is 9.88. The van der Waals surface area contributed by atoms with E-state index in [2.05, 4.69) is 30.2 Å². The number of carbonyl (C=O) groups is 1. The van der Waals surface area contributed by atoms with E-state index < -0.39 is 5.97 Å². The van der Waals surface area contributed by atoms with Crippen LogP contribution in [0.25, 0.3) is 0 Å². The molecule has 1 heterocycles. The van der Waals surface area contributed by atoms with E-state index in [1.54, 1.807) is 6.92 Å². The number of aliphatic carboxylic acids is 1. The molecule has 0 bridgehead atoms. The number of rotatable bonds is 5. The molecule has 0 spiro atoms. The Bertz CT molecular complexity index is 659. The molecule has 0 aliphatic rings. The fourth-order valence-electron chi connectivity index (χ4n) is 2.56. The van der Waals surface area contributed by atoms with E-state index in [4.69, 9.17) is 5.11 Å². The minimum absolute atomic E-state index is 0.390. The van der Waals surface area contributed by atoms with E-state index in [0.29, 0.717) is 6.42 Å². The highest BCUT2D eigenvalue weighted by Crippen LogP contribution is 2.19. The molecule has 0 radical (unpaired) electrons. The lowest BCUT2D eigenvalue weighted by Crippen LogP contribution is -2.13. The van der Waals surface area contributed by atoms with Crippen molar-refractivity contribution in [3.63, 3.8) is 0 Å². The van der Waals surface area contributed by atoms with Crippen LogP contribution in [-0.2, 0) is 17.8 Å². The molecule has 4 nitrogen and oxygen atoms in total. The molecule has 0 saturated carbocycles. The van der Waals surface area contributed by atoms with E-state index in [1.807, 2.05) is 24.6 Å². The topological polar surface area (TPSA) is 55.1 Å². The van der Waals surface area contributed by atoms with E-state index >= 15 is 0 Å². The van der Waals surface area contributed by atoms with Crippen LogP contribution in [-0.4, -0.2) is 20.9 Å². The number of carboxylic acids is 1. The van der Waals surface area contributed by atoms with Crippen molar-refractivity contribution in [3.05, 3.63) is 52.3 Å². The molecule has 0 saturated heterocycles. The van der Waals surface area contributed by atoms with Crippen molar-refractivity contribution in [3.8, 4) is 0 Å². The van der Waals surface area contributed by atoms with Crippen LogP contribution in [0.1, 0.15) is 35.0 Å². The molecule has 112 valence electrons. The SMILES string of the molecule is Cc1cccc(Cn2nc(C)c(CC(C)C(=O)O)c2C)c1. The Balaban J connectivity index is 2.24. The third kappa shape index (κ3) is 3.51. The minimum atomic E-state index is -0.764. The molecule has 1 atom stereocenters. The van der Waals surface area contributed by atoms with Crippen LogP contribution < -0.4 is 0 Å². The Kier molecular flexibility index (Phi) is 4.46. The van der Waals surface area contributed by atoms with Gasteiger partial charge < -0.3 is 5.11 Å². The van der Waals surface area contributed by atoms with Crippen molar-refractivity contribution in [2.45, 2.75) is 40.7 Å².